The van der Waals surface area contributed by atoms with Crippen molar-refractivity contribution in [3.63, 3.8) is 0 Å². The van der Waals surface area contributed by atoms with Crippen LogP contribution < -0.4 is 10.6 Å². The van der Waals surface area contributed by atoms with Crippen LogP contribution in [-0.4, -0.2) is 38.0 Å². The molecule has 1 amide bonds. The number of amides is 1. The standard InChI is InChI=1S/C22H22N6OS/c1-14-9-10-19(28-23-11-12-24-28)15(13-14)21(29)25-16-6-4-7-17(16)26-22-27-18-5-2-3-8-20(18)30-22/h2-3,5,8-13,16-17H,4,6-7H2,1H3,(H,25,29)(H,26,27). The topological polar surface area (TPSA) is 84.7 Å². The number of benzene rings is 2. The summed E-state index contributed by atoms with van der Waals surface area (Å²) in [6.45, 7) is 1.98. The van der Waals surface area contributed by atoms with Gasteiger partial charge >= 0.3 is 0 Å². The molecule has 2 N–H and O–H groups in total. The van der Waals surface area contributed by atoms with Crippen molar-refractivity contribution in [1.29, 1.82) is 0 Å². The average molecular weight is 419 g/mol. The van der Waals surface area contributed by atoms with Gasteiger partial charge in [0.1, 0.15) is 0 Å². The lowest BCUT2D eigenvalue weighted by Gasteiger charge is -2.22. The molecule has 30 heavy (non-hydrogen) atoms. The predicted octanol–water partition coefficient (Wildman–Crippen LogP) is 3.95. The van der Waals surface area contributed by atoms with Gasteiger partial charge in [0.15, 0.2) is 5.13 Å². The number of aromatic nitrogens is 4. The van der Waals surface area contributed by atoms with Crippen LogP contribution in [0.25, 0.3) is 15.9 Å². The highest BCUT2D eigenvalue weighted by molar-refractivity contribution is 7.22. The fraction of sp³-hybridized carbons (Fsp3) is 0.273. The zero-order valence-corrected chi connectivity index (χ0v) is 17.4. The van der Waals surface area contributed by atoms with Gasteiger partial charge in [-0.05, 0) is 50.5 Å². The molecule has 1 fully saturated rings. The first-order chi connectivity index (χ1) is 14.7. The van der Waals surface area contributed by atoms with E-state index >= 15 is 0 Å². The Hall–Kier alpha value is -3.26. The molecule has 1 saturated carbocycles. The van der Waals surface area contributed by atoms with Gasteiger partial charge in [-0.25, -0.2) is 4.98 Å². The largest absolute Gasteiger partial charge is 0.357 e. The van der Waals surface area contributed by atoms with Crippen LogP contribution in [0.5, 0.6) is 0 Å². The van der Waals surface area contributed by atoms with E-state index in [-0.39, 0.29) is 18.0 Å². The third kappa shape index (κ3) is 3.66. The third-order valence-electron chi connectivity index (χ3n) is 5.47. The van der Waals surface area contributed by atoms with Gasteiger partial charge in [-0.15, -0.1) is 0 Å². The van der Waals surface area contributed by atoms with E-state index in [4.69, 9.17) is 0 Å². The summed E-state index contributed by atoms with van der Waals surface area (Å²) in [4.78, 5) is 19.4. The lowest BCUT2D eigenvalue weighted by atomic mass is 10.1. The van der Waals surface area contributed by atoms with Crippen LogP contribution in [0.1, 0.15) is 35.2 Å². The number of hydrogen-bond acceptors (Lipinski definition) is 6. The molecule has 0 radical (unpaired) electrons. The smallest absolute Gasteiger partial charge is 0.253 e. The zero-order chi connectivity index (χ0) is 20.5. The Balaban J connectivity index is 1.35. The van der Waals surface area contributed by atoms with Crippen LogP contribution in [0.2, 0.25) is 0 Å². The average Bonchev–Trinajstić information content (AvgIpc) is 3.49. The number of para-hydroxylation sites is 1. The SMILES string of the molecule is Cc1ccc(-n2nccn2)c(C(=O)NC2CCCC2Nc2nc3ccccc3s2)c1. The number of carbonyl (C=O) groups is 1. The molecule has 2 aromatic heterocycles. The molecular weight excluding hydrogens is 396 g/mol. The highest BCUT2D eigenvalue weighted by Crippen LogP contribution is 2.29. The molecule has 2 atom stereocenters. The van der Waals surface area contributed by atoms with Gasteiger partial charge in [0, 0.05) is 12.1 Å². The molecule has 0 bridgehead atoms. The van der Waals surface area contributed by atoms with E-state index in [0.29, 0.717) is 11.3 Å². The van der Waals surface area contributed by atoms with E-state index < -0.39 is 0 Å². The molecule has 1 aliphatic carbocycles. The lowest BCUT2D eigenvalue weighted by Crippen LogP contribution is -2.43. The molecule has 152 valence electrons. The van der Waals surface area contributed by atoms with E-state index in [2.05, 4.69) is 31.9 Å². The maximum atomic E-state index is 13.2. The summed E-state index contributed by atoms with van der Waals surface area (Å²) in [7, 11) is 0. The Bertz CT molecular complexity index is 1150. The molecule has 5 rings (SSSR count). The molecule has 0 saturated heterocycles. The van der Waals surface area contributed by atoms with Crippen molar-refractivity contribution in [3.05, 3.63) is 66.0 Å². The summed E-state index contributed by atoms with van der Waals surface area (Å²) in [5.41, 5.74) is 3.28. The maximum Gasteiger partial charge on any atom is 0.253 e. The second-order valence-electron chi connectivity index (χ2n) is 7.59. The first kappa shape index (κ1) is 18.7. The Kier molecular flexibility index (Phi) is 4.92. The van der Waals surface area contributed by atoms with Gasteiger partial charge in [0.05, 0.1) is 33.9 Å². The highest BCUT2D eigenvalue weighted by Gasteiger charge is 2.30. The van der Waals surface area contributed by atoms with E-state index in [0.717, 1.165) is 40.2 Å². The van der Waals surface area contributed by atoms with Crippen molar-refractivity contribution in [2.45, 2.75) is 38.3 Å². The Labute approximate surface area is 178 Å². The Morgan fingerprint density at radius 3 is 2.73 bits per heavy atom. The number of carbonyl (C=O) groups excluding carboxylic acids is 1. The van der Waals surface area contributed by atoms with Crippen molar-refractivity contribution in [2.75, 3.05) is 5.32 Å². The number of hydrogen-bond donors (Lipinski definition) is 2. The van der Waals surface area contributed by atoms with Gasteiger partial charge in [-0.2, -0.15) is 15.0 Å². The third-order valence-corrected chi connectivity index (χ3v) is 6.43. The fourth-order valence-electron chi connectivity index (χ4n) is 3.99. The predicted molar refractivity (Wildman–Crippen MR) is 118 cm³/mol. The number of rotatable bonds is 5. The summed E-state index contributed by atoms with van der Waals surface area (Å²) in [5.74, 6) is -0.103. The van der Waals surface area contributed by atoms with Gasteiger partial charge in [0.2, 0.25) is 0 Å². The first-order valence-electron chi connectivity index (χ1n) is 10.1. The molecule has 2 unspecified atom stereocenters. The Morgan fingerprint density at radius 1 is 1.10 bits per heavy atom. The molecule has 2 heterocycles. The minimum absolute atomic E-state index is 0.0449. The minimum Gasteiger partial charge on any atom is -0.357 e. The van der Waals surface area contributed by atoms with Crippen molar-refractivity contribution >= 4 is 32.6 Å². The van der Waals surface area contributed by atoms with Crippen LogP contribution in [0, 0.1) is 6.92 Å². The van der Waals surface area contributed by atoms with E-state index in [1.54, 1.807) is 23.7 Å². The summed E-state index contributed by atoms with van der Waals surface area (Å²) in [5, 5.41) is 16.1. The summed E-state index contributed by atoms with van der Waals surface area (Å²) < 4.78 is 1.16. The van der Waals surface area contributed by atoms with Crippen LogP contribution in [0.3, 0.4) is 0 Å². The zero-order valence-electron chi connectivity index (χ0n) is 16.6. The second kappa shape index (κ2) is 7.87. The second-order valence-corrected chi connectivity index (χ2v) is 8.62. The summed E-state index contributed by atoms with van der Waals surface area (Å²) in [6, 6.07) is 14.1. The molecule has 0 spiro atoms. The van der Waals surface area contributed by atoms with Crippen molar-refractivity contribution in [1.82, 2.24) is 25.3 Å². The molecule has 8 heteroatoms. The number of nitrogens with one attached hydrogen (secondary N) is 2. The molecule has 1 aliphatic rings. The highest BCUT2D eigenvalue weighted by atomic mass is 32.1. The summed E-state index contributed by atoms with van der Waals surface area (Å²) >= 11 is 1.65. The van der Waals surface area contributed by atoms with E-state index in [1.165, 1.54) is 4.80 Å². The van der Waals surface area contributed by atoms with Crippen LogP contribution in [0.4, 0.5) is 5.13 Å². The quantitative estimate of drug-likeness (QED) is 0.513. The monoisotopic (exact) mass is 418 g/mol. The van der Waals surface area contributed by atoms with E-state index in [9.17, 15) is 4.79 Å². The maximum absolute atomic E-state index is 13.2. The van der Waals surface area contributed by atoms with Gasteiger partial charge < -0.3 is 10.6 Å². The molecular formula is C22H22N6OS. The van der Waals surface area contributed by atoms with Crippen molar-refractivity contribution in [3.8, 4) is 5.69 Å². The minimum atomic E-state index is -0.103. The first-order valence-corrected chi connectivity index (χ1v) is 10.9. The molecule has 7 nitrogen and oxygen atoms in total. The van der Waals surface area contributed by atoms with Crippen molar-refractivity contribution < 1.29 is 4.79 Å². The normalized spacial score (nSPS) is 18.6. The van der Waals surface area contributed by atoms with Gasteiger partial charge in [-0.1, -0.05) is 35.1 Å². The van der Waals surface area contributed by atoms with Crippen molar-refractivity contribution in [2.24, 2.45) is 0 Å². The van der Waals surface area contributed by atoms with Crippen LogP contribution >= 0.6 is 11.3 Å². The lowest BCUT2D eigenvalue weighted by molar-refractivity contribution is 0.0935. The van der Waals surface area contributed by atoms with E-state index in [1.807, 2.05) is 43.3 Å². The molecule has 0 aliphatic heterocycles. The van der Waals surface area contributed by atoms with Gasteiger partial charge in [-0.3, -0.25) is 4.79 Å². The number of nitrogens with zero attached hydrogens (tertiary/aromatic N) is 4. The van der Waals surface area contributed by atoms with Gasteiger partial charge in [0.25, 0.3) is 5.91 Å². The fourth-order valence-corrected chi connectivity index (χ4v) is 4.92. The number of anilines is 1. The number of thiazole rings is 1. The van der Waals surface area contributed by atoms with Crippen LogP contribution in [-0.2, 0) is 0 Å². The number of aryl methyl sites for hydroxylation is 1. The summed E-state index contributed by atoms with van der Waals surface area (Å²) in [6.07, 6.45) is 6.22. The molecule has 4 aromatic rings. The Morgan fingerprint density at radius 2 is 1.90 bits per heavy atom. The molecule has 2 aromatic carbocycles. The van der Waals surface area contributed by atoms with Crippen LogP contribution in [0.15, 0.2) is 54.9 Å². The number of fused-ring (bicyclic) bond motifs is 1.